The van der Waals surface area contributed by atoms with E-state index < -0.39 is 0 Å². The van der Waals surface area contributed by atoms with Crippen LogP contribution < -0.4 is 26.2 Å². The number of fused-ring (bicyclic) bond motifs is 4. The number of hydrogen-bond acceptors (Lipinski definition) is 2. The van der Waals surface area contributed by atoms with Gasteiger partial charge < -0.3 is 9.80 Å². The molecule has 0 amide bonds. The molecule has 3 heteroatoms. The molecule has 7 aromatic carbocycles. The van der Waals surface area contributed by atoms with Gasteiger partial charge in [-0.2, -0.15) is 0 Å². The molecule has 0 unspecified atom stereocenters. The van der Waals surface area contributed by atoms with Crippen LogP contribution in [0.25, 0.3) is 22.3 Å². The van der Waals surface area contributed by atoms with Gasteiger partial charge in [0, 0.05) is 34.1 Å². The molecular weight excluding hydrogens is 916 g/mol. The van der Waals surface area contributed by atoms with Gasteiger partial charge in [0.2, 0.25) is 0 Å². The Bertz CT molecular complexity index is 3090. The van der Waals surface area contributed by atoms with E-state index in [1.54, 1.807) is 0 Å². The molecule has 7 aromatic rings. The van der Waals surface area contributed by atoms with Crippen LogP contribution in [0.3, 0.4) is 0 Å². The molecule has 76 heavy (non-hydrogen) atoms. The Morgan fingerprint density at radius 1 is 0.368 bits per heavy atom. The molecule has 0 atom stereocenters. The average molecular weight is 1000 g/mol. The molecule has 0 radical (unpaired) electrons. The van der Waals surface area contributed by atoms with E-state index in [-0.39, 0.29) is 28.4 Å². The molecule has 11 rings (SSSR count). The summed E-state index contributed by atoms with van der Waals surface area (Å²) in [6, 6.07) is 50.1. The third-order valence-electron chi connectivity index (χ3n) is 18.3. The highest BCUT2D eigenvalue weighted by Crippen LogP contribution is 2.50. The molecule has 2 saturated carbocycles. The summed E-state index contributed by atoms with van der Waals surface area (Å²) >= 11 is 0. The highest BCUT2D eigenvalue weighted by atomic mass is 15.2. The van der Waals surface area contributed by atoms with Crippen LogP contribution in [0, 0.1) is 20.8 Å². The molecular formula is C73H87BN2. The first-order valence-electron chi connectivity index (χ1n) is 29.5. The van der Waals surface area contributed by atoms with Crippen molar-refractivity contribution in [2.45, 2.75) is 202 Å². The monoisotopic (exact) mass is 1000 g/mol. The van der Waals surface area contributed by atoms with Crippen LogP contribution in [-0.2, 0) is 21.7 Å². The molecule has 0 N–H and O–H groups in total. The van der Waals surface area contributed by atoms with Gasteiger partial charge in [0.25, 0.3) is 6.71 Å². The summed E-state index contributed by atoms with van der Waals surface area (Å²) in [5.74, 6) is 1.16. The van der Waals surface area contributed by atoms with Crippen molar-refractivity contribution in [2.75, 3.05) is 9.80 Å². The first-order valence-corrected chi connectivity index (χ1v) is 29.5. The van der Waals surface area contributed by atoms with Crippen molar-refractivity contribution in [3.8, 4) is 22.3 Å². The maximum absolute atomic E-state index is 2.74. The summed E-state index contributed by atoms with van der Waals surface area (Å²) in [6.45, 7) is 35.5. The third kappa shape index (κ3) is 9.70. The topological polar surface area (TPSA) is 6.48 Å². The van der Waals surface area contributed by atoms with Crippen molar-refractivity contribution in [1.29, 1.82) is 0 Å². The zero-order valence-electron chi connectivity index (χ0n) is 49.2. The molecule has 2 fully saturated rings. The smallest absolute Gasteiger partial charge is 0.252 e. The van der Waals surface area contributed by atoms with E-state index in [2.05, 4.69) is 235 Å². The average Bonchev–Trinajstić information content (AvgIpc) is 3.47. The van der Waals surface area contributed by atoms with Crippen molar-refractivity contribution in [1.82, 2.24) is 0 Å². The normalized spacial score (nSPS) is 16.4. The Balaban J connectivity index is 1.26. The number of rotatable bonds is 6. The maximum atomic E-state index is 2.74. The van der Waals surface area contributed by atoms with Crippen molar-refractivity contribution in [2.24, 2.45) is 0 Å². The van der Waals surface area contributed by atoms with Gasteiger partial charge >= 0.3 is 0 Å². The fourth-order valence-corrected chi connectivity index (χ4v) is 13.8. The predicted molar refractivity (Wildman–Crippen MR) is 332 cm³/mol. The number of nitrogens with zero attached hydrogens (tertiary/aromatic N) is 2. The minimum atomic E-state index is -0.0487. The van der Waals surface area contributed by atoms with Crippen molar-refractivity contribution in [3.63, 3.8) is 0 Å². The summed E-state index contributed by atoms with van der Waals surface area (Å²) in [5.41, 5.74) is 29.4. The molecule has 2 nitrogen and oxygen atoms in total. The molecule has 0 aromatic heterocycles. The SMILES string of the molecule is Cc1cc(C)c(-c2ccc(-c3cc4c5c(c3)N(c3cc(C(C)(C)C)cc(C(C)(C)C)c3)c3cc(C6CCCCC6)ccc3B5c3ccc(C5CCCCC5)cc3N4c3cc(C(C)(C)C)cc(C(C)(C)C)c3)cc2)c(C)c1. The zero-order chi connectivity index (χ0) is 53.8. The van der Waals surface area contributed by atoms with E-state index in [0.717, 1.165) is 0 Å². The van der Waals surface area contributed by atoms with Gasteiger partial charge in [-0.1, -0.05) is 200 Å². The van der Waals surface area contributed by atoms with Crippen LogP contribution in [0.4, 0.5) is 34.1 Å². The molecule has 2 heterocycles. The van der Waals surface area contributed by atoms with Crippen LogP contribution in [0.2, 0.25) is 0 Å². The van der Waals surface area contributed by atoms with E-state index in [1.165, 1.54) is 187 Å². The van der Waals surface area contributed by atoms with Crippen LogP contribution in [0.5, 0.6) is 0 Å². The molecule has 0 bridgehead atoms. The molecule has 0 spiro atoms. The summed E-state index contributed by atoms with van der Waals surface area (Å²) in [6.07, 6.45) is 13.0. The fraction of sp³-hybridized carbons (Fsp3) is 0.425. The Kier molecular flexibility index (Phi) is 13.3. The van der Waals surface area contributed by atoms with Gasteiger partial charge in [0.1, 0.15) is 0 Å². The highest BCUT2D eigenvalue weighted by molar-refractivity contribution is 7.00. The standard InChI is InChI=1S/C73H87BN2/c1-46-34-47(2)68(48(3)35-46)52-28-26-51(27-29-52)55-38-66-69-67(39-55)76(61-44-58(72(10,11)12)41-59(45-61)73(13,14)15)65-37-54(50-24-20-17-21-25-50)31-33-63(65)74(69)62-32-30-53(49-22-18-16-19-23-49)36-64(62)75(66)60-42-56(70(4,5)6)40-57(43-60)71(7,8)9/h26-45,49-50H,16-25H2,1-15H3. The molecule has 2 aliphatic carbocycles. The number of aryl methyl sites for hydroxylation is 3. The minimum absolute atomic E-state index is 0.0487. The third-order valence-corrected chi connectivity index (χ3v) is 18.3. The van der Waals surface area contributed by atoms with E-state index in [4.69, 9.17) is 0 Å². The second-order valence-electron chi connectivity index (χ2n) is 28.2. The van der Waals surface area contributed by atoms with Gasteiger partial charge in [-0.25, -0.2) is 0 Å². The van der Waals surface area contributed by atoms with Gasteiger partial charge in [-0.15, -0.1) is 0 Å². The number of anilines is 6. The van der Waals surface area contributed by atoms with Crippen LogP contribution in [0.15, 0.2) is 121 Å². The summed E-state index contributed by atoms with van der Waals surface area (Å²) < 4.78 is 0. The van der Waals surface area contributed by atoms with Crippen molar-refractivity contribution < 1.29 is 0 Å². The molecule has 0 saturated heterocycles. The molecule has 392 valence electrons. The van der Waals surface area contributed by atoms with Crippen LogP contribution >= 0.6 is 0 Å². The first kappa shape index (κ1) is 52.3. The van der Waals surface area contributed by atoms with Gasteiger partial charge in [0.05, 0.1) is 0 Å². The largest absolute Gasteiger partial charge is 0.311 e. The Hall–Kier alpha value is -5.80. The van der Waals surface area contributed by atoms with Gasteiger partial charge in [-0.05, 0) is 212 Å². The lowest BCUT2D eigenvalue weighted by atomic mass is 9.33. The quantitative estimate of drug-likeness (QED) is 0.153. The van der Waals surface area contributed by atoms with Crippen molar-refractivity contribution >= 4 is 57.2 Å². The molecule has 2 aliphatic heterocycles. The highest BCUT2D eigenvalue weighted by Gasteiger charge is 2.45. The van der Waals surface area contributed by atoms with E-state index in [1.807, 2.05) is 0 Å². The maximum Gasteiger partial charge on any atom is 0.252 e. The minimum Gasteiger partial charge on any atom is -0.311 e. The number of benzene rings is 7. The second-order valence-corrected chi connectivity index (χ2v) is 28.2. The first-order chi connectivity index (χ1) is 35.9. The zero-order valence-corrected chi connectivity index (χ0v) is 49.2. The van der Waals surface area contributed by atoms with E-state index in [9.17, 15) is 0 Å². The predicted octanol–water partition coefficient (Wildman–Crippen LogP) is 19.3. The van der Waals surface area contributed by atoms with Gasteiger partial charge in [-0.3, -0.25) is 0 Å². The van der Waals surface area contributed by atoms with E-state index in [0.29, 0.717) is 11.8 Å². The van der Waals surface area contributed by atoms with Crippen LogP contribution in [-0.4, -0.2) is 6.71 Å². The van der Waals surface area contributed by atoms with Crippen molar-refractivity contribution in [3.05, 3.63) is 171 Å². The Labute approximate surface area is 459 Å². The summed E-state index contributed by atoms with van der Waals surface area (Å²) in [4.78, 5) is 5.48. The second kappa shape index (κ2) is 19.3. The summed E-state index contributed by atoms with van der Waals surface area (Å²) in [7, 11) is 0. The lowest BCUT2D eigenvalue weighted by Gasteiger charge is -2.45. The Morgan fingerprint density at radius 3 is 1.11 bits per heavy atom. The van der Waals surface area contributed by atoms with E-state index >= 15 is 0 Å². The Morgan fingerprint density at radius 2 is 0.737 bits per heavy atom. The number of hydrogen-bond donors (Lipinski definition) is 0. The summed E-state index contributed by atoms with van der Waals surface area (Å²) in [5, 5.41) is 0. The van der Waals surface area contributed by atoms with Crippen LogP contribution in [0.1, 0.15) is 209 Å². The fourth-order valence-electron chi connectivity index (χ4n) is 13.8. The van der Waals surface area contributed by atoms with Gasteiger partial charge in [0.15, 0.2) is 0 Å². The lowest BCUT2D eigenvalue weighted by molar-refractivity contribution is 0.444. The lowest BCUT2D eigenvalue weighted by Crippen LogP contribution is -2.61. The molecule has 4 aliphatic rings.